The molecule has 2 aliphatic heterocycles. The number of nitrogens with one attached hydrogen (secondary N) is 2. The molecule has 2 saturated heterocycles. The predicted octanol–water partition coefficient (Wildman–Crippen LogP) is 4.16. The van der Waals surface area contributed by atoms with Crippen LogP contribution in [0.3, 0.4) is 0 Å². The second-order valence-electron chi connectivity index (χ2n) is 12.4. The zero-order valence-electron chi connectivity index (χ0n) is 27.7. The molecule has 0 saturated carbocycles. The van der Waals surface area contributed by atoms with Gasteiger partial charge in [-0.1, -0.05) is 30.2 Å². The second kappa shape index (κ2) is 13.9. The Morgan fingerprint density at radius 1 is 1.13 bits per heavy atom. The second-order valence-corrected chi connectivity index (χ2v) is 14.0. The number of amidine groups is 1. The number of fused-ring (bicyclic) bond motifs is 4. The van der Waals surface area contributed by atoms with E-state index in [-0.39, 0.29) is 56.9 Å². The molecule has 16 heteroatoms. The van der Waals surface area contributed by atoms with Gasteiger partial charge in [0.1, 0.15) is 29.2 Å². The molecular weight excluding hydrogens is 693 g/mol. The lowest BCUT2D eigenvalue weighted by Crippen LogP contribution is -2.51. The molecule has 2 fully saturated rings. The number of pyridine rings is 1. The minimum Gasteiger partial charge on any atom is -0.453 e. The fourth-order valence-electron chi connectivity index (χ4n) is 6.45. The van der Waals surface area contributed by atoms with Gasteiger partial charge in [-0.15, -0.1) is 10.8 Å². The molecule has 0 radical (unpaired) electrons. The number of terminal acetylenes is 1. The average Bonchev–Trinajstić information content (AvgIpc) is 3.47. The van der Waals surface area contributed by atoms with Crippen LogP contribution in [-0.2, 0) is 14.8 Å². The van der Waals surface area contributed by atoms with Crippen molar-refractivity contribution in [3.63, 3.8) is 0 Å². The summed E-state index contributed by atoms with van der Waals surface area (Å²) in [4.78, 5) is 31.9. The van der Waals surface area contributed by atoms with Crippen molar-refractivity contribution in [2.45, 2.75) is 36.7 Å². The Morgan fingerprint density at radius 3 is 2.60 bits per heavy atom. The minimum atomic E-state index is -4.04. The first-order chi connectivity index (χ1) is 25.0. The molecule has 264 valence electrons. The number of nitrogens with zero attached hydrogens (tertiary/aromatic N) is 6. The number of halogens is 2. The lowest BCUT2D eigenvalue weighted by atomic mass is 9.96. The number of hydrogen-bond donors (Lipinski definition) is 3. The van der Waals surface area contributed by atoms with Gasteiger partial charge < -0.3 is 26.0 Å². The molecule has 2 atom stereocenters. The quantitative estimate of drug-likeness (QED) is 0.114. The van der Waals surface area contributed by atoms with Crippen molar-refractivity contribution in [1.82, 2.24) is 20.3 Å². The monoisotopic (exact) mass is 723 g/mol. The normalized spacial score (nSPS) is 17.5. The lowest BCUT2D eigenvalue weighted by Gasteiger charge is -2.34. The van der Waals surface area contributed by atoms with Crippen molar-refractivity contribution in [3.8, 4) is 29.6 Å². The number of sulfonamides is 1. The number of aromatic nitrogens is 3. The third-order valence-electron chi connectivity index (χ3n) is 8.77. The van der Waals surface area contributed by atoms with Crippen LogP contribution in [0.25, 0.3) is 32.9 Å². The van der Waals surface area contributed by atoms with Gasteiger partial charge in [0.2, 0.25) is 0 Å². The first-order valence-electron chi connectivity index (χ1n) is 16.2. The van der Waals surface area contributed by atoms with Crippen molar-refractivity contribution in [2.75, 3.05) is 29.9 Å². The standard InChI is InChI=1S/C36H31F2N9O4S/c1-3-26-29(37)14-7-21-5-4-6-27(31(21)26)33-32(38)34-28(15-40-33)35(47-16-23-8-9-24(17-47)43-23)46-36(45-34)51-18-30(48)44-22-10-12-25(13-11-22)52(49,50)42-19-41-20(2)39/h1,4-7,10-15,19,23-24,43H,8-9,16-18H2,2H3,(H,44,48)(H2,39,41,42). The summed E-state index contributed by atoms with van der Waals surface area (Å²) in [5.41, 5.74) is 5.76. The number of ether oxygens (including phenoxy) is 1. The summed E-state index contributed by atoms with van der Waals surface area (Å²) in [5, 5.41) is 7.47. The Hall–Kier alpha value is -6.05. The van der Waals surface area contributed by atoms with E-state index in [2.05, 4.69) is 40.9 Å². The molecule has 7 rings (SSSR count). The predicted molar refractivity (Wildman–Crippen MR) is 194 cm³/mol. The molecule has 4 heterocycles. The lowest BCUT2D eigenvalue weighted by molar-refractivity contribution is -0.118. The van der Waals surface area contributed by atoms with Crippen LogP contribution in [0.1, 0.15) is 25.3 Å². The third-order valence-corrected chi connectivity index (χ3v) is 10.0. The largest absolute Gasteiger partial charge is 0.453 e. The van der Waals surface area contributed by atoms with Crippen LogP contribution in [0.5, 0.6) is 6.01 Å². The van der Waals surface area contributed by atoms with Gasteiger partial charge in [-0.05, 0) is 55.5 Å². The Kier molecular flexibility index (Phi) is 9.22. The van der Waals surface area contributed by atoms with E-state index in [1.807, 2.05) is 4.90 Å². The zero-order valence-corrected chi connectivity index (χ0v) is 28.5. The average molecular weight is 724 g/mol. The molecule has 2 unspecified atom stereocenters. The van der Waals surface area contributed by atoms with Crippen molar-refractivity contribution >= 4 is 61.3 Å². The highest BCUT2D eigenvalue weighted by molar-refractivity contribution is 7.90. The first kappa shape index (κ1) is 34.4. The van der Waals surface area contributed by atoms with Gasteiger partial charge in [-0.25, -0.2) is 13.8 Å². The number of carbonyl (C=O) groups is 1. The van der Waals surface area contributed by atoms with E-state index in [0.717, 1.165) is 19.2 Å². The summed E-state index contributed by atoms with van der Waals surface area (Å²) < 4.78 is 65.5. The van der Waals surface area contributed by atoms with Crippen LogP contribution < -0.4 is 26.0 Å². The van der Waals surface area contributed by atoms with Gasteiger partial charge in [-0.3, -0.25) is 9.78 Å². The van der Waals surface area contributed by atoms with Gasteiger partial charge in [0.15, 0.2) is 12.4 Å². The van der Waals surface area contributed by atoms with Crippen LogP contribution in [0.15, 0.2) is 75.1 Å². The number of carbonyl (C=O) groups excluding carboxylic acids is 1. The first-order valence-corrected chi connectivity index (χ1v) is 17.6. The molecular formula is C36H31F2N9O4S. The smallest absolute Gasteiger partial charge is 0.319 e. The fraction of sp³-hybridized carbons (Fsp3) is 0.222. The van der Waals surface area contributed by atoms with E-state index in [1.54, 1.807) is 24.3 Å². The number of hydrogen-bond acceptors (Lipinski definition) is 9. The third kappa shape index (κ3) is 6.83. The van der Waals surface area contributed by atoms with Crippen molar-refractivity contribution in [2.24, 2.45) is 15.1 Å². The van der Waals surface area contributed by atoms with Crippen molar-refractivity contribution in [3.05, 3.63) is 78.0 Å². The highest BCUT2D eigenvalue weighted by Gasteiger charge is 2.34. The molecule has 2 aliphatic rings. The van der Waals surface area contributed by atoms with Crippen LogP contribution in [0, 0.1) is 24.0 Å². The van der Waals surface area contributed by atoms with E-state index >= 15 is 4.39 Å². The summed E-state index contributed by atoms with van der Waals surface area (Å²) in [7, 11) is -4.04. The van der Waals surface area contributed by atoms with Crippen LogP contribution >= 0.6 is 0 Å². The summed E-state index contributed by atoms with van der Waals surface area (Å²) in [5.74, 6) is 0.908. The van der Waals surface area contributed by atoms with E-state index < -0.39 is 34.2 Å². The van der Waals surface area contributed by atoms with E-state index in [4.69, 9.17) is 16.9 Å². The highest BCUT2D eigenvalue weighted by atomic mass is 32.2. The molecule has 5 aromatic rings. The summed E-state index contributed by atoms with van der Waals surface area (Å²) in [6, 6.07) is 13.4. The number of nitrogens with two attached hydrogens (primary N) is 1. The Morgan fingerprint density at radius 2 is 1.88 bits per heavy atom. The molecule has 2 bridgehead atoms. The van der Waals surface area contributed by atoms with Gasteiger partial charge in [-0.2, -0.15) is 18.4 Å². The topological polar surface area (TPSA) is 177 Å². The Balaban J connectivity index is 1.19. The van der Waals surface area contributed by atoms with Crippen LogP contribution in [0.2, 0.25) is 0 Å². The number of aliphatic imine (C=N–C) groups is 1. The van der Waals surface area contributed by atoms with E-state index in [9.17, 15) is 17.6 Å². The van der Waals surface area contributed by atoms with Crippen molar-refractivity contribution < 1.29 is 26.7 Å². The van der Waals surface area contributed by atoms with Crippen molar-refractivity contribution in [1.29, 1.82) is 0 Å². The maximum atomic E-state index is 16.7. The zero-order chi connectivity index (χ0) is 36.6. The number of rotatable bonds is 9. The molecule has 1 amide bonds. The van der Waals surface area contributed by atoms with Gasteiger partial charge >= 0.3 is 6.01 Å². The molecule has 4 N–H and O–H groups in total. The highest BCUT2D eigenvalue weighted by Crippen LogP contribution is 2.37. The number of piperazine rings is 1. The molecule has 0 aliphatic carbocycles. The van der Waals surface area contributed by atoms with E-state index in [1.165, 1.54) is 43.5 Å². The fourth-order valence-corrected chi connectivity index (χ4v) is 7.23. The van der Waals surface area contributed by atoms with E-state index in [0.29, 0.717) is 35.1 Å². The van der Waals surface area contributed by atoms with Gasteiger partial charge in [0.25, 0.3) is 15.9 Å². The summed E-state index contributed by atoms with van der Waals surface area (Å²) in [6.45, 7) is 2.15. The molecule has 3 aromatic carbocycles. The Labute approximate surface area is 297 Å². The number of benzene rings is 3. The maximum absolute atomic E-state index is 16.7. The Bertz CT molecular complexity index is 2440. The van der Waals surface area contributed by atoms with Crippen LogP contribution in [0.4, 0.5) is 20.3 Å². The molecule has 52 heavy (non-hydrogen) atoms. The maximum Gasteiger partial charge on any atom is 0.319 e. The summed E-state index contributed by atoms with van der Waals surface area (Å²) >= 11 is 0. The number of anilines is 2. The SMILES string of the molecule is C#Cc1c(F)ccc2cccc(-c3ncc4c(N5CC6CCC(C5)N6)nc(OCC(=O)Nc5ccc(S(=O)(=O)/N=C/N=C(C)N)cc5)nc4c3F)c12. The summed E-state index contributed by atoms with van der Waals surface area (Å²) in [6.07, 6.45) is 9.98. The van der Waals surface area contributed by atoms with Crippen LogP contribution in [-0.4, -0.2) is 73.2 Å². The minimum absolute atomic E-state index is 0.0128. The molecule has 0 spiro atoms. The van der Waals surface area contributed by atoms with Gasteiger partial charge in [0, 0.05) is 48.0 Å². The van der Waals surface area contributed by atoms with Gasteiger partial charge in [0.05, 0.1) is 21.7 Å². The molecule has 2 aromatic heterocycles. The molecule has 13 nitrogen and oxygen atoms in total. The number of amides is 1.